The van der Waals surface area contributed by atoms with Gasteiger partial charge in [0.25, 0.3) is 5.69 Å². The van der Waals surface area contributed by atoms with Crippen LogP contribution in [0.25, 0.3) is 22.3 Å². The molecule has 0 spiro atoms. The Morgan fingerprint density at radius 1 is 0.896 bits per heavy atom. The van der Waals surface area contributed by atoms with E-state index in [1.807, 2.05) is 13.8 Å². The van der Waals surface area contributed by atoms with Crippen LogP contribution in [0.5, 0.6) is 0 Å². The molecule has 0 saturated carbocycles. The summed E-state index contributed by atoms with van der Waals surface area (Å²) in [6.07, 6.45) is 0.360. The largest absolute Gasteiger partial charge is 0.397 e. The van der Waals surface area contributed by atoms with Crippen LogP contribution in [0, 0.1) is 49.4 Å². The lowest BCUT2D eigenvalue weighted by atomic mass is 10.0. The zero-order valence-electron chi connectivity index (χ0n) is 26.3. The van der Waals surface area contributed by atoms with E-state index in [4.69, 9.17) is 20.5 Å². The number of aryl methyl sites for hydroxylation is 4. The summed E-state index contributed by atoms with van der Waals surface area (Å²) >= 11 is 0. The van der Waals surface area contributed by atoms with Crippen LogP contribution in [-0.2, 0) is 9.59 Å². The summed E-state index contributed by atoms with van der Waals surface area (Å²) in [6.45, 7) is 7.19. The summed E-state index contributed by atoms with van der Waals surface area (Å²) in [5.41, 5.74) is 17.1. The molecule has 0 bridgehead atoms. The van der Waals surface area contributed by atoms with E-state index in [2.05, 4.69) is 15.6 Å². The van der Waals surface area contributed by atoms with Gasteiger partial charge >= 0.3 is 0 Å². The Labute approximate surface area is 272 Å². The minimum absolute atomic E-state index is 0.0967. The molecule has 0 aliphatic carbocycles. The number of halogens is 2. The maximum atomic E-state index is 13.7. The number of nitro groups is 1. The van der Waals surface area contributed by atoms with E-state index in [0.717, 1.165) is 40.1 Å². The summed E-state index contributed by atoms with van der Waals surface area (Å²) in [4.78, 5) is 36.7. The smallest absolute Gasteiger partial charge is 0.292 e. The van der Waals surface area contributed by atoms with E-state index in [9.17, 15) is 28.5 Å². The molecule has 2 aromatic heterocycles. The van der Waals surface area contributed by atoms with Crippen LogP contribution in [0.2, 0.25) is 0 Å². The second-order valence-electron chi connectivity index (χ2n) is 11.1. The van der Waals surface area contributed by atoms with Crippen molar-refractivity contribution < 1.29 is 32.3 Å². The number of hydrogen-bond acceptors (Lipinski definition) is 10. The van der Waals surface area contributed by atoms with E-state index in [1.165, 1.54) is 17.0 Å². The van der Waals surface area contributed by atoms with E-state index < -0.39 is 28.5 Å². The van der Waals surface area contributed by atoms with Crippen molar-refractivity contribution in [3.05, 3.63) is 99.3 Å². The van der Waals surface area contributed by atoms with Crippen molar-refractivity contribution in [1.29, 1.82) is 0 Å². The average Bonchev–Trinajstić information content (AvgIpc) is 3.70. The van der Waals surface area contributed by atoms with Crippen molar-refractivity contribution in [3.8, 4) is 22.3 Å². The molecule has 0 unspecified atom stereocenters. The Hall–Kier alpha value is -6.12. The van der Waals surface area contributed by atoms with Crippen molar-refractivity contribution in [1.82, 2.24) is 10.3 Å². The van der Waals surface area contributed by atoms with Crippen molar-refractivity contribution in [2.24, 2.45) is 0 Å². The third-order valence-electron chi connectivity index (χ3n) is 7.88. The molecule has 6 rings (SSSR count). The number of nitrogens with one attached hydrogen (secondary N) is 1. The topological polar surface area (TPSA) is 197 Å². The van der Waals surface area contributed by atoms with Gasteiger partial charge in [0.2, 0.25) is 11.8 Å². The van der Waals surface area contributed by atoms with Crippen LogP contribution in [0.1, 0.15) is 35.7 Å². The molecule has 1 saturated heterocycles. The number of nitrogen functional groups attached to an aromatic ring is 2. The SMILES string of the molecule is Cc1noc(C)c1-c1ccc(N)c(NC(=O)[C@@H]2CCC(=O)N2c2ccc(F)c(F)c2)c1.Cc1noc(C)c1-c1ccc([N+](=O)[O-])c(N)c1. The predicted molar refractivity (Wildman–Crippen MR) is 174 cm³/mol. The molecule has 1 aliphatic heterocycles. The molecule has 15 heteroatoms. The molecular weight excluding hydrogens is 628 g/mol. The number of anilines is 4. The van der Waals surface area contributed by atoms with Gasteiger partial charge < -0.3 is 25.8 Å². The molecule has 5 N–H and O–H groups in total. The fourth-order valence-corrected chi connectivity index (χ4v) is 5.59. The number of hydrogen-bond donors (Lipinski definition) is 3. The monoisotopic (exact) mass is 659 g/mol. The lowest BCUT2D eigenvalue weighted by Gasteiger charge is -2.24. The molecule has 1 fully saturated rings. The van der Waals surface area contributed by atoms with Crippen molar-refractivity contribution >= 4 is 40.3 Å². The third-order valence-corrected chi connectivity index (χ3v) is 7.88. The van der Waals surface area contributed by atoms with Crippen LogP contribution in [0.4, 0.5) is 37.2 Å². The molecule has 248 valence electrons. The van der Waals surface area contributed by atoms with Gasteiger partial charge in [-0.3, -0.25) is 24.6 Å². The molecule has 3 heterocycles. The second kappa shape index (κ2) is 13.3. The summed E-state index contributed by atoms with van der Waals surface area (Å²) in [6, 6.07) is 12.0. The van der Waals surface area contributed by atoms with Gasteiger partial charge in [-0.25, -0.2) is 8.78 Å². The van der Waals surface area contributed by atoms with Gasteiger partial charge in [0, 0.05) is 35.4 Å². The van der Waals surface area contributed by atoms with Crippen LogP contribution < -0.4 is 21.7 Å². The van der Waals surface area contributed by atoms with Gasteiger partial charge in [0.15, 0.2) is 11.6 Å². The van der Waals surface area contributed by atoms with Gasteiger partial charge in [-0.05, 0) is 81.6 Å². The van der Waals surface area contributed by atoms with Crippen molar-refractivity contribution in [2.45, 2.75) is 46.6 Å². The molecular formula is C33H31F2N7O6. The maximum absolute atomic E-state index is 13.7. The molecule has 13 nitrogen and oxygen atoms in total. The van der Waals surface area contributed by atoms with Crippen LogP contribution in [0.3, 0.4) is 0 Å². The van der Waals surface area contributed by atoms with Gasteiger partial charge in [-0.15, -0.1) is 0 Å². The normalized spacial score (nSPS) is 14.1. The zero-order valence-corrected chi connectivity index (χ0v) is 26.3. The highest BCUT2D eigenvalue weighted by Gasteiger charge is 2.37. The Balaban J connectivity index is 0.000000224. The fourth-order valence-electron chi connectivity index (χ4n) is 5.59. The number of amides is 2. The second-order valence-corrected chi connectivity index (χ2v) is 11.1. The molecule has 1 aliphatic rings. The summed E-state index contributed by atoms with van der Waals surface area (Å²) in [7, 11) is 0. The van der Waals surface area contributed by atoms with Crippen LogP contribution in [0.15, 0.2) is 63.6 Å². The van der Waals surface area contributed by atoms with Crippen LogP contribution >= 0.6 is 0 Å². The number of carbonyl (C=O) groups excluding carboxylic acids is 2. The number of nitrogens with two attached hydrogens (primary N) is 2. The molecule has 1 atom stereocenters. The Morgan fingerprint density at radius 2 is 1.50 bits per heavy atom. The Kier molecular flexibility index (Phi) is 9.22. The quantitative estimate of drug-likeness (QED) is 0.104. The lowest BCUT2D eigenvalue weighted by Crippen LogP contribution is -2.42. The van der Waals surface area contributed by atoms with Gasteiger partial charge in [-0.1, -0.05) is 16.4 Å². The first-order valence-corrected chi connectivity index (χ1v) is 14.6. The number of aromatic nitrogens is 2. The molecule has 48 heavy (non-hydrogen) atoms. The fraction of sp³-hybridized carbons (Fsp3) is 0.212. The van der Waals surface area contributed by atoms with E-state index >= 15 is 0 Å². The number of nitro benzene ring substituents is 1. The molecule has 3 aromatic carbocycles. The Bertz CT molecular complexity index is 2020. The highest BCUT2D eigenvalue weighted by Crippen LogP contribution is 2.34. The van der Waals surface area contributed by atoms with E-state index in [1.54, 1.807) is 44.2 Å². The maximum Gasteiger partial charge on any atom is 0.292 e. The minimum Gasteiger partial charge on any atom is -0.397 e. The molecule has 0 radical (unpaired) electrons. The third kappa shape index (κ3) is 6.56. The molecule has 5 aromatic rings. The van der Waals surface area contributed by atoms with E-state index in [0.29, 0.717) is 28.6 Å². The van der Waals surface area contributed by atoms with Gasteiger partial charge in [0.05, 0.1) is 27.7 Å². The number of rotatable bonds is 6. The highest BCUT2D eigenvalue weighted by molar-refractivity contribution is 6.08. The zero-order chi connectivity index (χ0) is 34.9. The first-order valence-electron chi connectivity index (χ1n) is 14.6. The number of nitrogens with zero attached hydrogens (tertiary/aromatic N) is 4. The van der Waals surface area contributed by atoms with Gasteiger partial charge in [-0.2, -0.15) is 0 Å². The van der Waals surface area contributed by atoms with Crippen LogP contribution in [-0.4, -0.2) is 33.1 Å². The lowest BCUT2D eigenvalue weighted by molar-refractivity contribution is -0.383. The first-order chi connectivity index (χ1) is 22.8. The summed E-state index contributed by atoms with van der Waals surface area (Å²) in [5.74, 6) is -1.64. The van der Waals surface area contributed by atoms with Crippen molar-refractivity contribution in [2.75, 3.05) is 21.7 Å². The summed E-state index contributed by atoms with van der Waals surface area (Å²) < 4.78 is 37.2. The minimum atomic E-state index is -1.09. The van der Waals surface area contributed by atoms with E-state index in [-0.39, 0.29) is 35.8 Å². The summed E-state index contributed by atoms with van der Waals surface area (Å²) in [5, 5.41) is 21.2. The standard InChI is InChI=1S/C22H20F2N4O3.C11H11N3O3/c1-11-21(12(2)31-27-11)13-3-6-17(25)18(9-13)26-22(30)19-7-8-20(29)28(19)14-4-5-15(23)16(24)10-14;1-6-11(7(2)17-13-6)8-3-4-10(14(15)16)9(12)5-8/h3-6,9-10,19H,7-8,25H2,1-2H3,(H,26,30);3-5H,12H2,1-2H3/t19-;/m0./s1. The van der Waals surface area contributed by atoms with Gasteiger partial charge in [0.1, 0.15) is 23.2 Å². The van der Waals surface area contributed by atoms with Crippen molar-refractivity contribution in [3.63, 3.8) is 0 Å². The number of carbonyl (C=O) groups is 2. The highest BCUT2D eigenvalue weighted by atomic mass is 19.2. The predicted octanol–water partition coefficient (Wildman–Crippen LogP) is 6.40. The average molecular weight is 660 g/mol. The first kappa shape index (κ1) is 33.2. The number of benzene rings is 3. The molecule has 2 amide bonds. The Morgan fingerprint density at radius 3 is 2.04 bits per heavy atom.